The molecule has 14 heteroatoms. The molecule has 41 heavy (non-hydrogen) atoms. The van der Waals surface area contributed by atoms with Crippen LogP contribution in [0.5, 0.6) is 0 Å². The number of carbonyl (C=O) groups excluding carboxylic acids is 5. The Bertz CT molecular complexity index is 1210. The number of rotatable bonds is 8. The molecule has 0 unspecified atom stereocenters. The molecule has 3 heterocycles. The quantitative estimate of drug-likeness (QED) is 0.395. The molecule has 4 N–H and O–H groups in total. The number of aldehydes is 1. The molecule has 3 fully saturated rings. The number of piperidine rings is 1. The predicted octanol–water partition coefficient (Wildman–Crippen LogP) is 2.15. The summed E-state index contributed by atoms with van der Waals surface area (Å²) < 4.78 is 46.4. The van der Waals surface area contributed by atoms with Gasteiger partial charge in [-0.3, -0.25) is 19.2 Å². The second-order valence-electron chi connectivity index (χ2n) is 12.3. The number of hydrogen-bond acceptors (Lipinski definition) is 7. The van der Waals surface area contributed by atoms with Crippen LogP contribution in [0, 0.1) is 23.2 Å². The van der Waals surface area contributed by atoms with Crippen molar-refractivity contribution in [3.05, 3.63) is 17.0 Å². The van der Waals surface area contributed by atoms with Crippen molar-refractivity contribution in [3.63, 3.8) is 0 Å². The van der Waals surface area contributed by atoms with E-state index in [0.717, 1.165) is 19.3 Å². The summed E-state index contributed by atoms with van der Waals surface area (Å²) in [6, 6.07) is -2.03. The van der Waals surface area contributed by atoms with Crippen LogP contribution in [-0.4, -0.2) is 65.1 Å². The molecule has 1 aromatic heterocycles. The Balaban J connectivity index is 1.67. The minimum absolute atomic E-state index is 0.0608. The van der Waals surface area contributed by atoms with Gasteiger partial charge in [-0.05, 0) is 49.4 Å². The summed E-state index contributed by atoms with van der Waals surface area (Å²) in [5.74, 6) is -6.82. The molecule has 6 atom stereocenters. The highest BCUT2D eigenvalue weighted by molar-refractivity contribution is 5.97. The monoisotopic (exact) mass is 583 g/mol. The van der Waals surface area contributed by atoms with E-state index >= 15 is 0 Å². The summed E-state index contributed by atoms with van der Waals surface area (Å²) in [7, 11) is 0. The standard InChI is InChI=1S/C27H36F3N5O6/c1-26(2,3)18(17-19(22(31)37)34-41-21(17)27(28,29)30)25(40)35-11-14-6-4-8-16(14)20(35)24(39)33-15(12-36)10-13-7-5-9-32-23(13)38/h12-16,18,20H,4-11H2,1-3H3,(H2,31,37)(H,32,38)(H,33,39)/t13-,14-,15-,16-,18-,20-/m0/s1. The molecule has 4 amide bonds. The van der Waals surface area contributed by atoms with Gasteiger partial charge in [0, 0.05) is 19.0 Å². The number of halogens is 3. The molecule has 1 aliphatic carbocycles. The van der Waals surface area contributed by atoms with Crippen molar-refractivity contribution >= 4 is 29.9 Å². The molecule has 2 saturated heterocycles. The first-order chi connectivity index (χ1) is 19.1. The van der Waals surface area contributed by atoms with E-state index in [-0.39, 0.29) is 30.7 Å². The largest absolute Gasteiger partial charge is 0.452 e. The van der Waals surface area contributed by atoms with E-state index in [1.807, 2.05) is 0 Å². The molecular formula is C27H36F3N5O6. The molecule has 0 bridgehead atoms. The van der Waals surface area contributed by atoms with Gasteiger partial charge in [-0.25, -0.2) is 0 Å². The number of alkyl halides is 3. The third kappa shape index (κ3) is 6.10. The Morgan fingerprint density at radius 1 is 1.20 bits per heavy atom. The zero-order valence-electron chi connectivity index (χ0n) is 23.3. The van der Waals surface area contributed by atoms with E-state index in [9.17, 15) is 37.1 Å². The number of nitrogens with zero attached hydrogens (tertiary/aromatic N) is 2. The van der Waals surface area contributed by atoms with Crippen molar-refractivity contribution in [3.8, 4) is 0 Å². The summed E-state index contributed by atoms with van der Waals surface area (Å²) in [4.78, 5) is 65.4. The lowest BCUT2D eigenvalue weighted by atomic mass is 9.74. The molecule has 0 radical (unpaired) electrons. The number of primary amides is 1. The summed E-state index contributed by atoms with van der Waals surface area (Å²) in [6.07, 6.45) is -0.938. The van der Waals surface area contributed by atoms with Gasteiger partial charge < -0.3 is 30.6 Å². The number of nitrogens with one attached hydrogen (secondary N) is 2. The average molecular weight is 584 g/mol. The second kappa shape index (κ2) is 11.4. The van der Waals surface area contributed by atoms with Crippen LogP contribution >= 0.6 is 0 Å². The van der Waals surface area contributed by atoms with Crippen molar-refractivity contribution in [2.45, 2.75) is 83.5 Å². The third-order valence-corrected chi connectivity index (χ3v) is 8.49. The van der Waals surface area contributed by atoms with Crippen LogP contribution in [0.2, 0.25) is 0 Å². The van der Waals surface area contributed by atoms with Gasteiger partial charge in [-0.2, -0.15) is 13.2 Å². The van der Waals surface area contributed by atoms with E-state index in [0.29, 0.717) is 25.7 Å². The van der Waals surface area contributed by atoms with Gasteiger partial charge in [0.15, 0.2) is 5.69 Å². The van der Waals surface area contributed by atoms with Crippen LogP contribution in [0.1, 0.15) is 87.0 Å². The molecule has 1 aromatic rings. The Labute approximate surface area is 235 Å². The van der Waals surface area contributed by atoms with Gasteiger partial charge in [0.2, 0.25) is 23.5 Å². The molecule has 226 valence electrons. The Kier molecular flexibility index (Phi) is 8.51. The van der Waals surface area contributed by atoms with Crippen LogP contribution in [0.25, 0.3) is 0 Å². The van der Waals surface area contributed by atoms with Crippen LogP contribution < -0.4 is 16.4 Å². The first-order valence-electron chi connectivity index (χ1n) is 13.9. The van der Waals surface area contributed by atoms with Gasteiger partial charge in [0.1, 0.15) is 12.3 Å². The lowest BCUT2D eigenvalue weighted by Crippen LogP contribution is -2.54. The number of fused-ring (bicyclic) bond motifs is 1. The van der Waals surface area contributed by atoms with E-state index in [2.05, 4.69) is 20.3 Å². The first kappa shape index (κ1) is 30.5. The van der Waals surface area contributed by atoms with Crippen molar-refractivity contribution in [2.75, 3.05) is 13.1 Å². The minimum atomic E-state index is -5.07. The smallest absolute Gasteiger partial charge is 0.364 e. The van der Waals surface area contributed by atoms with Crippen LogP contribution in [0.3, 0.4) is 0 Å². The number of nitrogens with two attached hydrogens (primary N) is 1. The van der Waals surface area contributed by atoms with Crippen LogP contribution in [-0.2, 0) is 25.4 Å². The van der Waals surface area contributed by atoms with E-state index in [1.54, 1.807) is 0 Å². The highest BCUT2D eigenvalue weighted by atomic mass is 19.4. The summed E-state index contributed by atoms with van der Waals surface area (Å²) in [5.41, 5.74) is 2.61. The third-order valence-electron chi connectivity index (χ3n) is 8.49. The van der Waals surface area contributed by atoms with E-state index in [4.69, 9.17) is 5.73 Å². The Morgan fingerprint density at radius 2 is 1.90 bits per heavy atom. The number of hydrogen-bond donors (Lipinski definition) is 3. The SMILES string of the molecule is CC(C)(C)[C@H](C(=O)N1C[C@@H]2CCC[C@@H]2[C@H]1C(=O)N[C@H](C=O)C[C@@H]1CCCNC1=O)c1c(C(N)=O)noc1C(F)(F)F. The molecule has 4 rings (SSSR count). The van der Waals surface area contributed by atoms with Gasteiger partial charge in [-0.1, -0.05) is 32.3 Å². The predicted molar refractivity (Wildman–Crippen MR) is 137 cm³/mol. The molecule has 11 nitrogen and oxygen atoms in total. The molecule has 1 saturated carbocycles. The van der Waals surface area contributed by atoms with Crippen LogP contribution in [0.4, 0.5) is 13.2 Å². The maximum Gasteiger partial charge on any atom is 0.452 e. The van der Waals surface area contributed by atoms with Crippen LogP contribution in [0.15, 0.2) is 4.52 Å². The average Bonchev–Trinajstić information content (AvgIpc) is 3.58. The Hall–Kier alpha value is -3.45. The van der Waals surface area contributed by atoms with Crippen molar-refractivity contribution in [1.29, 1.82) is 0 Å². The van der Waals surface area contributed by atoms with E-state index in [1.165, 1.54) is 25.7 Å². The fourth-order valence-electron chi connectivity index (χ4n) is 6.69. The van der Waals surface area contributed by atoms with Crippen molar-refractivity contribution < 1.29 is 41.7 Å². The number of carbonyl (C=O) groups is 5. The van der Waals surface area contributed by atoms with Gasteiger partial charge in [-0.15, -0.1) is 0 Å². The summed E-state index contributed by atoms with van der Waals surface area (Å²) in [6.45, 7) is 5.29. The number of aromatic nitrogens is 1. The maximum atomic E-state index is 14.2. The normalized spacial score (nSPS) is 26.2. The second-order valence-corrected chi connectivity index (χ2v) is 12.3. The summed E-state index contributed by atoms with van der Waals surface area (Å²) >= 11 is 0. The van der Waals surface area contributed by atoms with E-state index < -0.39 is 70.2 Å². The minimum Gasteiger partial charge on any atom is -0.364 e. The fourth-order valence-corrected chi connectivity index (χ4v) is 6.69. The van der Waals surface area contributed by atoms with Crippen molar-refractivity contribution in [1.82, 2.24) is 20.7 Å². The lowest BCUT2D eigenvalue weighted by Gasteiger charge is -2.36. The molecule has 0 aromatic carbocycles. The van der Waals surface area contributed by atoms with Gasteiger partial charge >= 0.3 is 6.18 Å². The zero-order chi connectivity index (χ0) is 30.3. The molecule has 3 aliphatic rings. The maximum absolute atomic E-state index is 14.2. The number of likely N-dealkylation sites (tertiary alicyclic amines) is 1. The Morgan fingerprint density at radius 3 is 2.49 bits per heavy atom. The number of amides is 4. The molecular weight excluding hydrogens is 547 g/mol. The fraction of sp³-hybridized carbons (Fsp3) is 0.704. The zero-order valence-corrected chi connectivity index (χ0v) is 23.3. The lowest BCUT2D eigenvalue weighted by molar-refractivity contribution is -0.157. The highest BCUT2D eigenvalue weighted by Gasteiger charge is 2.54. The van der Waals surface area contributed by atoms with Gasteiger partial charge in [0.25, 0.3) is 5.91 Å². The molecule has 0 spiro atoms. The first-order valence-corrected chi connectivity index (χ1v) is 13.9. The summed E-state index contributed by atoms with van der Waals surface area (Å²) in [5, 5.41) is 8.69. The molecule has 2 aliphatic heterocycles. The highest BCUT2D eigenvalue weighted by Crippen LogP contribution is 2.48. The van der Waals surface area contributed by atoms with Gasteiger partial charge in [0.05, 0.1) is 17.5 Å². The van der Waals surface area contributed by atoms with Crippen molar-refractivity contribution in [2.24, 2.45) is 28.9 Å². The topological polar surface area (TPSA) is 165 Å².